The first kappa shape index (κ1) is 17.7. The van der Waals surface area contributed by atoms with Crippen molar-refractivity contribution in [3.05, 3.63) is 71.8 Å². The van der Waals surface area contributed by atoms with Gasteiger partial charge in [0.2, 0.25) is 0 Å². The van der Waals surface area contributed by atoms with Crippen molar-refractivity contribution in [2.24, 2.45) is 5.92 Å². The van der Waals surface area contributed by atoms with Crippen LogP contribution in [0, 0.1) is 5.92 Å². The van der Waals surface area contributed by atoms with Crippen molar-refractivity contribution < 1.29 is 23.8 Å². The lowest BCUT2D eigenvalue weighted by Crippen LogP contribution is -2.33. The third-order valence-electron chi connectivity index (χ3n) is 4.25. The molecule has 1 aliphatic heterocycles. The van der Waals surface area contributed by atoms with Crippen LogP contribution in [0.15, 0.2) is 60.7 Å². The smallest absolute Gasteiger partial charge is 0.320 e. The van der Waals surface area contributed by atoms with Gasteiger partial charge < -0.3 is 14.2 Å². The molecular formula is C21H20O5. The number of esters is 2. The number of ether oxygens (including phenoxy) is 3. The van der Waals surface area contributed by atoms with E-state index in [0.29, 0.717) is 17.1 Å². The van der Waals surface area contributed by atoms with Gasteiger partial charge in [0.15, 0.2) is 0 Å². The van der Waals surface area contributed by atoms with Gasteiger partial charge in [0.25, 0.3) is 0 Å². The summed E-state index contributed by atoms with van der Waals surface area (Å²) in [5.41, 5.74) is 1.33. The molecule has 5 nitrogen and oxygen atoms in total. The average molecular weight is 352 g/mol. The van der Waals surface area contributed by atoms with Crippen molar-refractivity contribution in [3.8, 4) is 5.75 Å². The molecule has 1 heterocycles. The summed E-state index contributed by atoms with van der Waals surface area (Å²) in [6.07, 6.45) is 1.66. The van der Waals surface area contributed by atoms with Crippen molar-refractivity contribution in [2.45, 2.75) is 12.8 Å². The van der Waals surface area contributed by atoms with Gasteiger partial charge in [-0.2, -0.15) is 0 Å². The Labute approximate surface area is 152 Å². The van der Waals surface area contributed by atoms with Crippen LogP contribution < -0.4 is 4.74 Å². The van der Waals surface area contributed by atoms with E-state index in [1.54, 1.807) is 37.3 Å². The third-order valence-corrected chi connectivity index (χ3v) is 4.25. The molecule has 0 aromatic heterocycles. The minimum atomic E-state index is -0.822. The maximum absolute atomic E-state index is 12.8. The Morgan fingerprint density at radius 2 is 1.77 bits per heavy atom. The zero-order chi connectivity index (χ0) is 18.5. The summed E-state index contributed by atoms with van der Waals surface area (Å²) in [5, 5.41) is 0. The summed E-state index contributed by atoms with van der Waals surface area (Å²) in [7, 11) is 1.53. The number of benzene rings is 2. The number of rotatable bonds is 5. The second kappa shape index (κ2) is 7.87. The number of cyclic esters (lactones) is 1. The zero-order valence-electron chi connectivity index (χ0n) is 14.7. The molecule has 2 atom stereocenters. The van der Waals surface area contributed by atoms with Crippen LogP contribution in [-0.4, -0.2) is 25.7 Å². The number of para-hydroxylation sites is 1. The molecule has 0 saturated carbocycles. The van der Waals surface area contributed by atoms with Gasteiger partial charge in [-0.3, -0.25) is 9.59 Å². The molecule has 0 radical (unpaired) electrons. The van der Waals surface area contributed by atoms with E-state index in [0.717, 1.165) is 5.56 Å². The summed E-state index contributed by atoms with van der Waals surface area (Å²) in [5.74, 6) is -1.69. The number of hydrogen-bond donors (Lipinski definition) is 0. The first-order valence-corrected chi connectivity index (χ1v) is 8.44. The molecule has 2 aromatic carbocycles. The van der Waals surface area contributed by atoms with Crippen molar-refractivity contribution >= 4 is 17.7 Å². The molecule has 26 heavy (non-hydrogen) atoms. The van der Waals surface area contributed by atoms with Crippen molar-refractivity contribution in [2.75, 3.05) is 13.7 Å². The molecule has 0 spiro atoms. The number of hydrogen-bond acceptors (Lipinski definition) is 5. The highest BCUT2D eigenvalue weighted by Gasteiger charge is 2.41. The second-order valence-electron chi connectivity index (χ2n) is 5.82. The maximum atomic E-state index is 12.8. The molecule has 0 bridgehead atoms. The minimum Gasteiger partial charge on any atom is -0.496 e. The molecule has 134 valence electrons. The summed E-state index contributed by atoms with van der Waals surface area (Å²) in [6.45, 7) is 1.97. The lowest BCUT2D eigenvalue weighted by molar-refractivity contribution is -0.153. The van der Waals surface area contributed by atoms with Gasteiger partial charge in [0.05, 0.1) is 19.6 Å². The Hall–Kier alpha value is -3.08. The van der Waals surface area contributed by atoms with Crippen LogP contribution in [0.25, 0.3) is 5.76 Å². The number of carbonyl (C=O) groups excluding carboxylic acids is 2. The Balaban J connectivity index is 2.07. The second-order valence-corrected chi connectivity index (χ2v) is 5.82. The van der Waals surface area contributed by atoms with E-state index in [-0.39, 0.29) is 6.61 Å². The normalized spacial score (nSPS) is 19.3. The molecule has 0 aliphatic carbocycles. The van der Waals surface area contributed by atoms with Crippen molar-refractivity contribution in [1.82, 2.24) is 0 Å². The monoisotopic (exact) mass is 352 g/mol. The van der Waals surface area contributed by atoms with Crippen molar-refractivity contribution in [1.29, 1.82) is 0 Å². The molecule has 0 unspecified atom stereocenters. The van der Waals surface area contributed by atoms with Gasteiger partial charge in [0, 0.05) is 11.1 Å². The maximum Gasteiger partial charge on any atom is 0.320 e. The first-order chi connectivity index (χ1) is 12.7. The summed E-state index contributed by atoms with van der Waals surface area (Å²) in [6, 6.07) is 16.3. The molecule has 3 rings (SSSR count). The van der Waals surface area contributed by atoms with Gasteiger partial charge in [-0.15, -0.1) is 0 Å². The third kappa shape index (κ3) is 3.47. The fourth-order valence-corrected chi connectivity index (χ4v) is 3.06. The molecule has 5 heteroatoms. The van der Waals surface area contributed by atoms with Crippen LogP contribution in [0.5, 0.6) is 5.75 Å². The van der Waals surface area contributed by atoms with Gasteiger partial charge in [-0.1, -0.05) is 48.5 Å². The standard InChI is InChI=1S/C21H20O5/c1-3-25-20(22)16-13-18(14-9-5-4-6-10-14)26-21(23)19(16)15-11-7-8-12-17(15)24-2/h4-13,16,19H,3H2,1-2H3/t16-,19-/m1/s1. The Morgan fingerprint density at radius 3 is 2.46 bits per heavy atom. The lowest BCUT2D eigenvalue weighted by Gasteiger charge is -2.28. The molecule has 0 fully saturated rings. The number of methoxy groups -OCH3 is 1. The minimum absolute atomic E-state index is 0.234. The molecule has 0 amide bonds. The van der Waals surface area contributed by atoms with Crippen LogP contribution >= 0.6 is 0 Å². The predicted molar refractivity (Wildman–Crippen MR) is 96.4 cm³/mol. The van der Waals surface area contributed by atoms with E-state index in [4.69, 9.17) is 14.2 Å². The van der Waals surface area contributed by atoms with Crippen LogP contribution in [0.1, 0.15) is 24.0 Å². The van der Waals surface area contributed by atoms with Crippen LogP contribution in [0.2, 0.25) is 0 Å². The molecule has 0 N–H and O–H groups in total. The van der Waals surface area contributed by atoms with Gasteiger partial charge in [-0.25, -0.2) is 0 Å². The highest BCUT2D eigenvalue weighted by atomic mass is 16.5. The average Bonchev–Trinajstić information content (AvgIpc) is 2.68. The van der Waals surface area contributed by atoms with Gasteiger partial charge in [-0.05, 0) is 19.1 Å². The predicted octanol–water partition coefficient (Wildman–Crippen LogP) is 3.56. The quantitative estimate of drug-likeness (QED) is 0.770. The van der Waals surface area contributed by atoms with Crippen LogP contribution in [-0.2, 0) is 19.1 Å². The lowest BCUT2D eigenvalue weighted by atomic mass is 9.83. The summed E-state index contributed by atoms with van der Waals surface area (Å²) < 4.78 is 16.1. The highest BCUT2D eigenvalue weighted by molar-refractivity contribution is 5.94. The van der Waals surface area contributed by atoms with E-state index < -0.39 is 23.8 Å². The summed E-state index contributed by atoms with van der Waals surface area (Å²) >= 11 is 0. The van der Waals surface area contributed by atoms with E-state index in [2.05, 4.69) is 0 Å². The molecule has 1 aliphatic rings. The molecule has 0 saturated heterocycles. The fraction of sp³-hybridized carbons (Fsp3) is 0.238. The van der Waals surface area contributed by atoms with Gasteiger partial charge in [0.1, 0.15) is 17.4 Å². The largest absolute Gasteiger partial charge is 0.496 e. The first-order valence-electron chi connectivity index (χ1n) is 8.44. The Morgan fingerprint density at radius 1 is 1.08 bits per heavy atom. The van der Waals surface area contributed by atoms with E-state index in [9.17, 15) is 9.59 Å². The van der Waals surface area contributed by atoms with E-state index in [1.165, 1.54) is 7.11 Å². The topological polar surface area (TPSA) is 61.8 Å². The zero-order valence-corrected chi connectivity index (χ0v) is 14.7. The van der Waals surface area contributed by atoms with Crippen LogP contribution in [0.4, 0.5) is 0 Å². The summed E-state index contributed by atoms with van der Waals surface area (Å²) in [4.78, 5) is 25.4. The highest BCUT2D eigenvalue weighted by Crippen LogP contribution is 2.40. The molecule has 2 aromatic rings. The van der Waals surface area contributed by atoms with Crippen molar-refractivity contribution in [3.63, 3.8) is 0 Å². The SMILES string of the molecule is CCOC(=O)[C@@H]1C=C(c2ccccc2)OC(=O)[C@@H]1c1ccccc1OC. The van der Waals surface area contributed by atoms with Crippen LogP contribution in [0.3, 0.4) is 0 Å². The van der Waals surface area contributed by atoms with Gasteiger partial charge >= 0.3 is 11.9 Å². The Bertz CT molecular complexity index is 825. The van der Waals surface area contributed by atoms with E-state index >= 15 is 0 Å². The fourth-order valence-electron chi connectivity index (χ4n) is 3.06. The Kier molecular flexibility index (Phi) is 5.37. The molecular weight excluding hydrogens is 332 g/mol. The number of carbonyl (C=O) groups is 2. The van der Waals surface area contributed by atoms with E-state index in [1.807, 2.05) is 30.3 Å².